The Kier molecular flexibility index (Phi) is 4.92. The Morgan fingerprint density at radius 1 is 1.10 bits per heavy atom. The third kappa shape index (κ3) is 3.66. The maximum atomic E-state index is 5.99. The highest BCUT2D eigenvalue weighted by Gasteiger charge is 2.09. The predicted molar refractivity (Wildman–Crippen MR) is 84.6 cm³/mol. The van der Waals surface area contributed by atoms with Crippen LogP contribution in [-0.4, -0.2) is 0 Å². The molecule has 2 N–H and O–H groups in total. The van der Waals surface area contributed by atoms with Crippen molar-refractivity contribution in [3.63, 3.8) is 0 Å². The van der Waals surface area contributed by atoms with Gasteiger partial charge in [-0.2, -0.15) is 0 Å². The normalized spacial score (nSPS) is 12.2. The predicted octanol–water partition coefficient (Wildman–Crippen LogP) is 4.90. The summed E-state index contributed by atoms with van der Waals surface area (Å²) in [4.78, 5) is 0. The molecule has 0 spiro atoms. The molecule has 4 heteroatoms. The van der Waals surface area contributed by atoms with Gasteiger partial charge in [0, 0.05) is 11.6 Å². The van der Waals surface area contributed by atoms with E-state index in [0.29, 0.717) is 16.7 Å². The number of aryl methyl sites for hydroxylation is 1. The first-order valence-corrected chi connectivity index (χ1v) is 7.16. The molecule has 2 rings (SSSR count). The summed E-state index contributed by atoms with van der Waals surface area (Å²) in [7, 11) is 0. The monoisotopic (exact) mass is 309 g/mol. The zero-order valence-corrected chi connectivity index (χ0v) is 13.0. The van der Waals surface area contributed by atoms with Crippen LogP contribution in [0.3, 0.4) is 0 Å². The summed E-state index contributed by atoms with van der Waals surface area (Å²) >= 11 is 11.9. The van der Waals surface area contributed by atoms with Gasteiger partial charge in [0.25, 0.3) is 0 Å². The van der Waals surface area contributed by atoms with Gasteiger partial charge in [-0.3, -0.25) is 0 Å². The van der Waals surface area contributed by atoms with Gasteiger partial charge in [0.05, 0.1) is 10.0 Å². The van der Waals surface area contributed by atoms with Gasteiger partial charge in [-0.05, 0) is 37.6 Å². The van der Waals surface area contributed by atoms with E-state index in [1.807, 2.05) is 38.1 Å². The van der Waals surface area contributed by atoms with Gasteiger partial charge in [0.15, 0.2) is 0 Å². The third-order valence-corrected chi connectivity index (χ3v) is 3.77. The number of halogens is 2. The minimum Gasteiger partial charge on any atom is -0.489 e. The second kappa shape index (κ2) is 6.49. The molecule has 0 saturated carbocycles. The molecule has 2 aromatic rings. The molecule has 1 atom stereocenters. The van der Waals surface area contributed by atoms with Crippen molar-refractivity contribution in [3.8, 4) is 5.75 Å². The Hall–Kier alpha value is -1.22. The molecule has 2 nitrogen and oxygen atoms in total. The molecule has 20 heavy (non-hydrogen) atoms. The molecule has 106 valence electrons. The number of nitrogens with two attached hydrogens (primary N) is 1. The molecule has 0 fully saturated rings. The van der Waals surface area contributed by atoms with Crippen molar-refractivity contribution in [1.29, 1.82) is 0 Å². The van der Waals surface area contributed by atoms with Crippen LogP contribution in [0.4, 0.5) is 0 Å². The highest BCUT2D eigenvalue weighted by molar-refractivity contribution is 6.42. The largest absolute Gasteiger partial charge is 0.489 e. The molecule has 0 aliphatic heterocycles. The first-order valence-electron chi connectivity index (χ1n) is 6.40. The van der Waals surface area contributed by atoms with Crippen LogP contribution in [0.25, 0.3) is 0 Å². The Labute approximate surface area is 129 Å². The van der Waals surface area contributed by atoms with Gasteiger partial charge >= 0.3 is 0 Å². The van der Waals surface area contributed by atoms with E-state index in [1.165, 1.54) is 5.56 Å². The molecule has 0 unspecified atom stereocenters. The van der Waals surface area contributed by atoms with E-state index in [0.717, 1.165) is 16.9 Å². The first-order chi connectivity index (χ1) is 9.47. The van der Waals surface area contributed by atoms with Crippen LogP contribution >= 0.6 is 23.2 Å². The average Bonchev–Trinajstić information content (AvgIpc) is 2.41. The lowest BCUT2D eigenvalue weighted by molar-refractivity contribution is 0.301. The smallest absolute Gasteiger partial charge is 0.124 e. The molecular weight excluding hydrogens is 293 g/mol. The van der Waals surface area contributed by atoms with Crippen LogP contribution in [0.1, 0.15) is 29.7 Å². The topological polar surface area (TPSA) is 35.2 Å². The van der Waals surface area contributed by atoms with E-state index in [-0.39, 0.29) is 6.04 Å². The fourth-order valence-corrected chi connectivity index (χ4v) is 2.27. The van der Waals surface area contributed by atoms with Gasteiger partial charge in [-0.1, -0.05) is 47.0 Å². The van der Waals surface area contributed by atoms with E-state index in [9.17, 15) is 0 Å². The SMILES string of the molecule is Cc1ccc(OCc2ccc(Cl)c(Cl)c2)c([C@H](C)N)c1. The van der Waals surface area contributed by atoms with E-state index < -0.39 is 0 Å². The summed E-state index contributed by atoms with van der Waals surface area (Å²) in [5, 5.41) is 1.08. The van der Waals surface area contributed by atoms with E-state index in [4.69, 9.17) is 33.7 Å². The Morgan fingerprint density at radius 3 is 2.50 bits per heavy atom. The lowest BCUT2D eigenvalue weighted by Crippen LogP contribution is -2.08. The highest BCUT2D eigenvalue weighted by atomic mass is 35.5. The Balaban J connectivity index is 2.16. The van der Waals surface area contributed by atoms with Crippen molar-refractivity contribution >= 4 is 23.2 Å². The lowest BCUT2D eigenvalue weighted by atomic mass is 10.1. The van der Waals surface area contributed by atoms with Gasteiger partial charge in [-0.25, -0.2) is 0 Å². The maximum absolute atomic E-state index is 5.99. The second-order valence-electron chi connectivity index (χ2n) is 4.87. The van der Waals surface area contributed by atoms with Crippen LogP contribution < -0.4 is 10.5 Å². The van der Waals surface area contributed by atoms with Crippen LogP contribution in [0.2, 0.25) is 10.0 Å². The molecule has 0 bridgehead atoms. The van der Waals surface area contributed by atoms with Crippen molar-refractivity contribution in [3.05, 3.63) is 63.1 Å². The average molecular weight is 310 g/mol. The minimum atomic E-state index is -0.0706. The summed E-state index contributed by atoms with van der Waals surface area (Å²) in [6.45, 7) is 4.41. The fourth-order valence-electron chi connectivity index (χ4n) is 1.95. The molecule has 0 aliphatic carbocycles. The van der Waals surface area contributed by atoms with Crippen molar-refractivity contribution < 1.29 is 4.74 Å². The third-order valence-electron chi connectivity index (χ3n) is 3.03. The van der Waals surface area contributed by atoms with Gasteiger partial charge < -0.3 is 10.5 Å². The van der Waals surface area contributed by atoms with Crippen molar-refractivity contribution in [2.75, 3.05) is 0 Å². The van der Waals surface area contributed by atoms with Crippen LogP contribution in [0.15, 0.2) is 36.4 Å². The molecule has 0 amide bonds. The molecular formula is C16H17Cl2NO. The zero-order chi connectivity index (χ0) is 14.7. The van der Waals surface area contributed by atoms with E-state index >= 15 is 0 Å². The zero-order valence-electron chi connectivity index (χ0n) is 11.5. The Bertz CT molecular complexity index is 611. The number of ether oxygens (including phenoxy) is 1. The summed E-state index contributed by atoms with van der Waals surface area (Å²) in [6, 6.07) is 11.4. The summed E-state index contributed by atoms with van der Waals surface area (Å²) < 4.78 is 5.85. The minimum absolute atomic E-state index is 0.0706. The molecule has 0 heterocycles. The summed E-state index contributed by atoms with van der Waals surface area (Å²) in [5.74, 6) is 0.802. The van der Waals surface area contributed by atoms with Gasteiger partial charge in [-0.15, -0.1) is 0 Å². The number of rotatable bonds is 4. The first kappa shape index (κ1) is 15.2. The van der Waals surface area contributed by atoms with Crippen molar-refractivity contribution in [2.24, 2.45) is 5.73 Å². The lowest BCUT2D eigenvalue weighted by Gasteiger charge is -2.15. The van der Waals surface area contributed by atoms with Crippen LogP contribution in [0.5, 0.6) is 5.75 Å². The quantitative estimate of drug-likeness (QED) is 0.871. The molecule has 0 aliphatic rings. The number of hydrogen-bond acceptors (Lipinski definition) is 2. The fraction of sp³-hybridized carbons (Fsp3) is 0.250. The van der Waals surface area contributed by atoms with E-state index in [2.05, 4.69) is 6.07 Å². The van der Waals surface area contributed by atoms with Gasteiger partial charge in [0.2, 0.25) is 0 Å². The van der Waals surface area contributed by atoms with Crippen molar-refractivity contribution in [1.82, 2.24) is 0 Å². The standard InChI is InChI=1S/C16H17Cl2NO/c1-10-3-6-16(13(7-10)11(2)19)20-9-12-4-5-14(17)15(18)8-12/h3-8,11H,9,19H2,1-2H3/t11-/m0/s1. The maximum Gasteiger partial charge on any atom is 0.124 e. The summed E-state index contributed by atoms with van der Waals surface area (Å²) in [5.41, 5.74) is 9.12. The van der Waals surface area contributed by atoms with Crippen LogP contribution in [0, 0.1) is 6.92 Å². The summed E-state index contributed by atoms with van der Waals surface area (Å²) in [6.07, 6.45) is 0. The number of hydrogen-bond donors (Lipinski definition) is 1. The van der Waals surface area contributed by atoms with E-state index in [1.54, 1.807) is 6.07 Å². The van der Waals surface area contributed by atoms with Crippen LogP contribution in [-0.2, 0) is 6.61 Å². The molecule has 0 aromatic heterocycles. The highest BCUT2D eigenvalue weighted by Crippen LogP contribution is 2.27. The van der Waals surface area contributed by atoms with Crippen molar-refractivity contribution in [2.45, 2.75) is 26.5 Å². The molecule has 0 radical (unpaired) electrons. The van der Waals surface area contributed by atoms with Gasteiger partial charge in [0.1, 0.15) is 12.4 Å². The molecule has 2 aromatic carbocycles. The number of benzene rings is 2. The molecule has 0 saturated heterocycles. The Morgan fingerprint density at radius 2 is 1.85 bits per heavy atom. The second-order valence-corrected chi connectivity index (χ2v) is 5.68.